The predicted octanol–water partition coefficient (Wildman–Crippen LogP) is 3.02. The maximum Gasteiger partial charge on any atom is 0.254 e. The van der Waals surface area contributed by atoms with E-state index in [9.17, 15) is 9.59 Å². The zero-order valence-corrected chi connectivity index (χ0v) is 26.6. The average Bonchev–Trinajstić information content (AvgIpc) is 3.33. The van der Waals surface area contributed by atoms with Crippen LogP contribution in [-0.4, -0.2) is 85.1 Å². The van der Waals surface area contributed by atoms with Gasteiger partial charge in [-0.3, -0.25) is 9.59 Å². The van der Waals surface area contributed by atoms with Crippen LogP contribution in [0, 0.1) is 11.8 Å². The quantitative estimate of drug-likeness (QED) is 0.267. The lowest BCUT2D eigenvalue weighted by Gasteiger charge is -2.28. The van der Waals surface area contributed by atoms with Gasteiger partial charge in [0, 0.05) is 53.8 Å². The molecule has 3 fully saturated rings. The third kappa shape index (κ3) is 4.53. The number of aromatic nitrogens is 4. The number of nitrogens with one attached hydrogen (secondary N) is 1. The van der Waals surface area contributed by atoms with E-state index in [1.807, 2.05) is 41.3 Å². The van der Waals surface area contributed by atoms with E-state index in [2.05, 4.69) is 9.88 Å². The second-order valence-electron chi connectivity index (χ2n) is 13.9. The molecule has 2 bridgehead atoms. The van der Waals surface area contributed by atoms with Crippen molar-refractivity contribution in [1.29, 1.82) is 0 Å². The van der Waals surface area contributed by atoms with Crippen molar-refractivity contribution in [1.82, 2.24) is 29.3 Å². The Morgan fingerprint density at radius 1 is 1.06 bits per heavy atom. The predicted molar refractivity (Wildman–Crippen MR) is 185 cm³/mol. The molecule has 2 aliphatic carbocycles. The Kier molecular flexibility index (Phi) is 6.48. The van der Waals surface area contributed by atoms with Crippen LogP contribution in [0.5, 0.6) is 5.75 Å². The van der Waals surface area contributed by atoms with E-state index in [0.29, 0.717) is 58.7 Å². The standard InChI is InChI=1S/C35H32B3N7O3/c1-48-28-13-22(34(47)44-16-21-7-9-26(44)29(21)39)11-25-30(28)45(35(36,37)38)32(42-25)27-12-19-6-8-24(41-31(19)43(27)15-17-2-3-17)18-4-5-20-14-40-33(46)23(20)10-18/h4-6,8,10-13,17,21,26,29H,2-3,7,9,14-16,39H2,1H3,(H,40,46)/t21?,26?,29-/m1/s1. The van der Waals surface area contributed by atoms with Crippen LogP contribution in [0.1, 0.15) is 52.0 Å². The monoisotopic (exact) mass is 631 g/mol. The highest BCUT2D eigenvalue weighted by molar-refractivity contribution is 6.57. The third-order valence-corrected chi connectivity index (χ3v) is 10.7. The molecule has 2 aliphatic heterocycles. The van der Waals surface area contributed by atoms with Gasteiger partial charge in [-0.1, -0.05) is 17.4 Å². The lowest BCUT2D eigenvalue weighted by molar-refractivity contribution is 0.0700. The van der Waals surface area contributed by atoms with Crippen LogP contribution < -0.4 is 15.8 Å². The van der Waals surface area contributed by atoms with E-state index >= 15 is 0 Å². The first-order chi connectivity index (χ1) is 23.1. The molecule has 13 heteroatoms. The van der Waals surface area contributed by atoms with E-state index < -0.39 is 5.24 Å². The number of pyridine rings is 1. The molecule has 2 amide bonds. The number of piperidine rings is 1. The molecule has 5 aromatic rings. The molecule has 9 rings (SSSR count). The number of amides is 2. The summed E-state index contributed by atoms with van der Waals surface area (Å²) >= 11 is 0. The third-order valence-electron chi connectivity index (χ3n) is 10.7. The smallest absolute Gasteiger partial charge is 0.254 e. The number of carbonyl (C=O) groups excluding carboxylic acids is 2. The van der Waals surface area contributed by atoms with Gasteiger partial charge in [0.15, 0.2) is 5.82 Å². The van der Waals surface area contributed by atoms with Gasteiger partial charge >= 0.3 is 0 Å². The highest BCUT2D eigenvalue weighted by Crippen LogP contribution is 2.41. The topological polar surface area (TPSA) is 120 Å². The minimum Gasteiger partial charge on any atom is -0.494 e. The summed E-state index contributed by atoms with van der Waals surface area (Å²) in [7, 11) is 21.0. The molecule has 6 radical (unpaired) electrons. The summed E-state index contributed by atoms with van der Waals surface area (Å²) in [6.45, 7) is 1.90. The van der Waals surface area contributed by atoms with Gasteiger partial charge in [0.05, 0.1) is 47.6 Å². The molecule has 48 heavy (non-hydrogen) atoms. The first-order valence-corrected chi connectivity index (χ1v) is 16.6. The largest absolute Gasteiger partial charge is 0.494 e. The van der Waals surface area contributed by atoms with Crippen LogP contribution in [0.25, 0.3) is 44.8 Å². The van der Waals surface area contributed by atoms with Crippen molar-refractivity contribution >= 4 is 57.4 Å². The summed E-state index contributed by atoms with van der Waals surface area (Å²) in [6, 6.07) is 15.4. The number of fused-ring (bicyclic) bond motifs is 5. The second kappa shape index (κ2) is 10.5. The Labute approximate surface area is 281 Å². The number of methoxy groups -OCH3 is 1. The molecule has 0 spiro atoms. The van der Waals surface area contributed by atoms with Crippen molar-refractivity contribution in [3.05, 3.63) is 65.2 Å². The number of carbonyl (C=O) groups is 2. The summed E-state index contributed by atoms with van der Waals surface area (Å²) in [5, 5.41) is 1.94. The fraction of sp³-hybridized carbons (Fsp3) is 0.371. The van der Waals surface area contributed by atoms with Gasteiger partial charge in [0.25, 0.3) is 11.8 Å². The van der Waals surface area contributed by atoms with E-state index in [0.717, 1.165) is 65.8 Å². The van der Waals surface area contributed by atoms with Crippen molar-refractivity contribution in [3.8, 4) is 28.5 Å². The highest BCUT2D eigenvalue weighted by Gasteiger charge is 2.47. The van der Waals surface area contributed by atoms with Gasteiger partial charge in [-0.25, -0.2) is 9.97 Å². The van der Waals surface area contributed by atoms with E-state index in [-0.39, 0.29) is 23.9 Å². The number of nitrogens with zero attached hydrogens (tertiary/aromatic N) is 5. The molecule has 5 heterocycles. The molecule has 2 unspecified atom stereocenters. The van der Waals surface area contributed by atoms with Gasteiger partial charge in [0.2, 0.25) is 0 Å². The maximum atomic E-state index is 13.9. The van der Waals surface area contributed by atoms with Crippen LogP contribution in [0.4, 0.5) is 0 Å². The molecule has 2 aromatic carbocycles. The van der Waals surface area contributed by atoms with Gasteiger partial charge < -0.3 is 29.8 Å². The van der Waals surface area contributed by atoms with Crippen LogP contribution in [0.2, 0.25) is 0 Å². The van der Waals surface area contributed by atoms with Gasteiger partial charge in [-0.05, 0) is 79.5 Å². The normalized spacial score (nSPS) is 21.8. The molecule has 234 valence electrons. The summed E-state index contributed by atoms with van der Waals surface area (Å²) in [6.07, 6.45) is 4.19. The van der Waals surface area contributed by atoms with Crippen LogP contribution in [0.3, 0.4) is 0 Å². The molecule has 4 aliphatic rings. The number of imidazole rings is 1. The number of likely N-dealkylation sites (tertiary alicyclic amines) is 1. The zero-order chi connectivity index (χ0) is 33.1. The summed E-state index contributed by atoms with van der Waals surface area (Å²) in [5.74, 6) is 1.48. The summed E-state index contributed by atoms with van der Waals surface area (Å²) in [5.41, 5.74) is 12.7. The first kappa shape index (κ1) is 29.6. The Bertz CT molecular complexity index is 2180. The fourth-order valence-electron chi connectivity index (χ4n) is 8.04. The van der Waals surface area contributed by atoms with E-state index in [4.69, 9.17) is 44.0 Å². The van der Waals surface area contributed by atoms with Gasteiger partial charge in [0.1, 0.15) is 16.9 Å². The second-order valence-corrected chi connectivity index (χ2v) is 13.9. The van der Waals surface area contributed by atoms with Gasteiger partial charge in [-0.2, -0.15) is 0 Å². The molecule has 2 saturated carbocycles. The highest BCUT2D eigenvalue weighted by atomic mass is 16.5. The maximum absolute atomic E-state index is 13.9. The zero-order valence-electron chi connectivity index (χ0n) is 26.6. The molecule has 3 atom stereocenters. The molecule has 3 aromatic heterocycles. The van der Waals surface area contributed by atoms with Crippen molar-refractivity contribution in [3.63, 3.8) is 0 Å². The Morgan fingerprint density at radius 2 is 1.90 bits per heavy atom. The Hall–Kier alpha value is -4.51. The number of rotatable bonds is 7. The minimum absolute atomic E-state index is 0.00225. The van der Waals surface area contributed by atoms with Crippen LogP contribution >= 0.6 is 0 Å². The van der Waals surface area contributed by atoms with E-state index in [1.165, 1.54) is 7.11 Å². The van der Waals surface area contributed by atoms with Gasteiger partial charge in [-0.15, -0.1) is 0 Å². The van der Waals surface area contributed by atoms with Crippen molar-refractivity contribution < 1.29 is 14.3 Å². The summed E-state index contributed by atoms with van der Waals surface area (Å²) < 4.78 is 9.58. The molecular weight excluding hydrogens is 599 g/mol. The number of nitrogens with two attached hydrogens (primary N) is 1. The van der Waals surface area contributed by atoms with Crippen LogP contribution in [-0.2, 0) is 18.3 Å². The number of benzene rings is 2. The molecular formula is C35H32B3N7O3. The minimum atomic E-state index is -1.85. The van der Waals surface area contributed by atoms with E-state index in [1.54, 1.807) is 16.7 Å². The summed E-state index contributed by atoms with van der Waals surface area (Å²) in [4.78, 5) is 38.3. The lowest BCUT2D eigenvalue weighted by atomic mass is 9.49. The lowest BCUT2D eigenvalue weighted by Crippen LogP contribution is -2.41. The molecule has 3 N–H and O–H groups in total. The number of ether oxygens (including phenoxy) is 1. The number of hydrogen-bond acceptors (Lipinski definition) is 6. The SMILES string of the molecule is [B]C([B])([B])n1c(-c2cc3ccc(-c4ccc5c(c4)C(=O)NC5)nc3n2CC2CC2)nc2cc(C(=O)N3CC4CCC3[C@@H]4N)cc(OC)c21. The Balaban J connectivity index is 1.20. The van der Waals surface area contributed by atoms with Crippen molar-refractivity contribution in [2.75, 3.05) is 13.7 Å². The first-order valence-electron chi connectivity index (χ1n) is 16.6. The molecule has 10 nitrogen and oxygen atoms in total. The Morgan fingerprint density at radius 3 is 2.60 bits per heavy atom. The fourth-order valence-corrected chi connectivity index (χ4v) is 8.04. The average molecular weight is 631 g/mol. The number of hydrogen-bond donors (Lipinski definition) is 2. The van der Waals surface area contributed by atoms with Crippen LogP contribution in [0.15, 0.2) is 48.5 Å². The van der Waals surface area contributed by atoms with Crippen molar-refractivity contribution in [2.24, 2.45) is 17.6 Å². The molecule has 1 saturated heterocycles. The van der Waals surface area contributed by atoms with Crippen molar-refractivity contribution in [2.45, 2.75) is 56.1 Å².